The fourth-order valence-corrected chi connectivity index (χ4v) is 2.29. The number of anilines is 1. The van der Waals surface area contributed by atoms with Gasteiger partial charge >= 0.3 is 6.01 Å². The minimum Gasteiger partial charge on any atom is -0.481 e. The van der Waals surface area contributed by atoms with Crippen molar-refractivity contribution in [2.24, 2.45) is 0 Å². The number of hydrogen-bond acceptors (Lipinski definition) is 6. The molecule has 0 saturated carbocycles. The summed E-state index contributed by atoms with van der Waals surface area (Å²) >= 11 is 0. The van der Waals surface area contributed by atoms with Crippen LogP contribution in [0.2, 0.25) is 0 Å². The van der Waals surface area contributed by atoms with Gasteiger partial charge in [-0.15, -0.1) is 0 Å². The summed E-state index contributed by atoms with van der Waals surface area (Å²) in [6, 6.07) is 15.6. The van der Waals surface area contributed by atoms with Gasteiger partial charge in [0, 0.05) is 17.8 Å². The molecule has 1 aromatic heterocycles. The highest BCUT2D eigenvalue weighted by molar-refractivity contribution is 5.45. The Morgan fingerprint density at radius 2 is 1.62 bits per heavy atom. The van der Waals surface area contributed by atoms with E-state index in [0.717, 1.165) is 5.69 Å². The fraction of sp³-hybridized carbons (Fsp3) is 0.158. The Hall–Kier alpha value is -3.35. The molecule has 0 fully saturated rings. The maximum Gasteiger partial charge on any atom is 0.328 e. The van der Waals surface area contributed by atoms with Crippen LogP contribution in [0.4, 0.5) is 10.1 Å². The van der Waals surface area contributed by atoms with Crippen molar-refractivity contribution >= 4 is 5.69 Å². The average Bonchev–Trinajstić information content (AvgIpc) is 2.68. The topological polar surface area (TPSA) is 65.5 Å². The molecule has 134 valence electrons. The second-order valence-corrected chi connectivity index (χ2v) is 5.27. The number of para-hydroxylation sites is 1. The Bertz CT molecular complexity index is 853. The quantitative estimate of drug-likeness (QED) is 0.690. The molecule has 0 spiro atoms. The first-order chi connectivity index (χ1) is 12.7. The SMILES string of the molecule is COc1cc(OC)nc(Oc2cccc(F)c2CNc2ccccc2)n1. The van der Waals surface area contributed by atoms with Gasteiger partial charge in [0.25, 0.3) is 0 Å². The molecule has 0 bridgehead atoms. The first-order valence-electron chi connectivity index (χ1n) is 7.91. The molecule has 3 rings (SSSR count). The van der Waals surface area contributed by atoms with Gasteiger partial charge in [-0.05, 0) is 24.3 Å². The van der Waals surface area contributed by atoms with Crippen LogP contribution in [0.5, 0.6) is 23.5 Å². The van der Waals surface area contributed by atoms with Crippen molar-refractivity contribution in [3.63, 3.8) is 0 Å². The molecule has 1 N–H and O–H groups in total. The number of nitrogens with zero attached hydrogens (tertiary/aromatic N) is 2. The lowest BCUT2D eigenvalue weighted by molar-refractivity contribution is 0.346. The summed E-state index contributed by atoms with van der Waals surface area (Å²) < 4.78 is 30.2. The second kappa shape index (κ2) is 8.15. The number of nitrogens with one attached hydrogen (secondary N) is 1. The summed E-state index contributed by atoms with van der Waals surface area (Å²) in [5, 5.41) is 3.16. The Balaban J connectivity index is 1.85. The van der Waals surface area contributed by atoms with E-state index in [1.54, 1.807) is 12.1 Å². The second-order valence-electron chi connectivity index (χ2n) is 5.27. The molecule has 0 amide bonds. The van der Waals surface area contributed by atoms with Crippen LogP contribution in [-0.2, 0) is 6.54 Å². The Labute approximate surface area is 150 Å². The highest BCUT2D eigenvalue weighted by atomic mass is 19.1. The van der Waals surface area contributed by atoms with E-state index in [4.69, 9.17) is 14.2 Å². The number of benzene rings is 2. The van der Waals surface area contributed by atoms with Gasteiger partial charge in [-0.1, -0.05) is 24.3 Å². The van der Waals surface area contributed by atoms with Crippen molar-refractivity contribution in [3.05, 3.63) is 66.0 Å². The van der Waals surface area contributed by atoms with Crippen molar-refractivity contribution in [2.45, 2.75) is 6.54 Å². The molecule has 7 heteroatoms. The zero-order valence-electron chi connectivity index (χ0n) is 14.4. The summed E-state index contributed by atoms with van der Waals surface area (Å²) in [4.78, 5) is 8.21. The first kappa shape index (κ1) is 17.5. The van der Waals surface area contributed by atoms with Crippen LogP contribution >= 0.6 is 0 Å². The summed E-state index contributed by atoms with van der Waals surface area (Å²) in [5.74, 6) is 0.490. The van der Waals surface area contributed by atoms with Crippen LogP contribution in [-0.4, -0.2) is 24.2 Å². The lowest BCUT2D eigenvalue weighted by atomic mass is 10.2. The van der Waals surface area contributed by atoms with Gasteiger partial charge in [0.05, 0.1) is 20.3 Å². The van der Waals surface area contributed by atoms with Crippen LogP contribution in [0.25, 0.3) is 0 Å². The van der Waals surface area contributed by atoms with E-state index in [9.17, 15) is 4.39 Å². The molecule has 0 unspecified atom stereocenters. The third kappa shape index (κ3) is 4.18. The molecule has 0 aliphatic carbocycles. The first-order valence-corrected chi connectivity index (χ1v) is 7.91. The zero-order valence-corrected chi connectivity index (χ0v) is 14.4. The summed E-state index contributed by atoms with van der Waals surface area (Å²) in [7, 11) is 2.95. The molecule has 0 aliphatic heterocycles. The summed E-state index contributed by atoms with van der Waals surface area (Å²) in [5.41, 5.74) is 1.24. The van der Waals surface area contributed by atoms with Gasteiger partial charge in [-0.25, -0.2) is 4.39 Å². The maximum absolute atomic E-state index is 14.3. The number of aromatic nitrogens is 2. The van der Waals surface area contributed by atoms with Crippen LogP contribution in [0.3, 0.4) is 0 Å². The van der Waals surface area contributed by atoms with E-state index in [-0.39, 0.29) is 30.1 Å². The van der Waals surface area contributed by atoms with Gasteiger partial charge in [0.15, 0.2) is 0 Å². The molecule has 0 saturated heterocycles. The summed E-state index contributed by atoms with van der Waals surface area (Å²) in [6.45, 7) is 0.243. The van der Waals surface area contributed by atoms with Crippen molar-refractivity contribution in [1.29, 1.82) is 0 Å². The molecule has 0 atom stereocenters. The van der Waals surface area contributed by atoms with Crippen LogP contribution in [0.15, 0.2) is 54.6 Å². The zero-order chi connectivity index (χ0) is 18.4. The average molecular weight is 355 g/mol. The van der Waals surface area contributed by atoms with Crippen LogP contribution in [0.1, 0.15) is 5.56 Å². The smallest absolute Gasteiger partial charge is 0.328 e. The standard InChI is InChI=1S/C19H18FN3O3/c1-24-17-11-18(25-2)23-19(22-17)26-16-10-6-9-15(20)14(16)12-21-13-7-4-3-5-8-13/h3-11,21H,12H2,1-2H3. The van der Waals surface area contributed by atoms with E-state index >= 15 is 0 Å². The maximum atomic E-state index is 14.3. The number of hydrogen-bond donors (Lipinski definition) is 1. The molecule has 1 heterocycles. The number of ether oxygens (including phenoxy) is 3. The highest BCUT2D eigenvalue weighted by Crippen LogP contribution is 2.28. The fourth-order valence-electron chi connectivity index (χ4n) is 2.29. The number of rotatable bonds is 7. The van der Waals surface area contributed by atoms with Gasteiger partial charge in [-0.2, -0.15) is 9.97 Å². The third-order valence-corrected chi connectivity index (χ3v) is 3.60. The normalized spacial score (nSPS) is 10.3. The Morgan fingerprint density at radius 3 is 2.27 bits per heavy atom. The lowest BCUT2D eigenvalue weighted by Gasteiger charge is -2.13. The van der Waals surface area contributed by atoms with E-state index in [0.29, 0.717) is 11.3 Å². The van der Waals surface area contributed by atoms with Crippen molar-refractivity contribution in [2.75, 3.05) is 19.5 Å². The van der Waals surface area contributed by atoms with Gasteiger partial charge in [0.1, 0.15) is 11.6 Å². The molecule has 6 nitrogen and oxygen atoms in total. The molecule has 0 aliphatic rings. The van der Waals surface area contributed by atoms with E-state index in [2.05, 4.69) is 15.3 Å². The third-order valence-electron chi connectivity index (χ3n) is 3.60. The van der Waals surface area contributed by atoms with Gasteiger partial charge in [0.2, 0.25) is 11.8 Å². The number of methoxy groups -OCH3 is 2. The predicted molar refractivity (Wildman–Crippen MR) is 95.4 cm³/mol. The van der Waals surface area contributed by atoms with E-state index < -0.39 is 0 Å². The molecule has 26 heavy (non-hydrogen) atoms. The van der Waals surface area contributed by atoms with E-state index in [1.807, 2.05) is 30.3 Å². The van der Waals surface area contributed by atoms with Crippen molar-refractivity contribution < 1.29 is 18.6 Å². The predicted octanol–water partition coefficient (Wildman–Crippen LogP) is 4.04. The van der Waals surface area contributed by atoms with Gasteiger partial charge in [-0.3, -0.25) is 0 Å². The molecule has 2 aromatic carbocycles. The van der Waals surface area contributed by atoms with Gasteiger partial charge < -0.3 is 19.5 Å². The summed E-state index contributed by atoms with van der Waals surface area (Å²) in [6.07, 6.45) is 0. The Morgan fingerprint density at radius 1 is 0.923 bits per heavy atom. The Kier molecular flexibility index (Phi) is 5.48. The molecule has 0 radical (unpaired) electrons. The van der Waals surface area contributed by atoms with Crippen molar-refractivity contribution in [3.8, 4) is 23.5 Å². The minimum atomic E-state index is -0.388. The van der Waals surface area contributed by atoms with E-state index in [1.165, 1.54) is 26.4 Å². The van der Waals surface area contributed by atoms with Crippen molar-refractivity contribution in [1.82, 2.24) is 9.97 Å². The monoisotopic (exact) mass is 355 g/mol. The molecular formula is C19H18FN3O3. The minimum absolute atomic E-state index is 0.00719. The van der Waals surface area contributed by atoms with Crippen LogP contribution in [0, 0.1) is 5.82 Å². The highest BCUT2D eigenvalue weighted by Gasteiger charge is 2.14. The van der Waals surface area contributed by atoms with Crippen LogP contribution < -0.4 is 19.5 Å². The largest absolute Gasteiger partial charge is 0.481 e. The number of halogens is 1. The lowest BCUT2D eigenvalue weighted by Crippen LogP contribution is -2.05. The molecule has 3 aromatic rings. The molecular weight excluding hydrogens is 337 g/mol.